The highest BCUT2D eigenvalue weighted by Gasteiger charge is 2.25. The number of piperidine rings is 1. The Balaban J connectivity index is 1.11. The van der Waals surface area contributed by atoms with Gasteiger partial charge in [-0.25, -0.2) is 9.97 Å². The van der Waals surface area contributed by atoms with Gasteiger partial charge in [-0.05, 0) is 79.7 Å². The molecule has 4 aromatic rings. The number of hydrogen-bond donors (Lipinski definition) is 3. The molecule has 0 aliphatic carbocycles. The number of nitrogens with two attached hydrogens (primary N) is 1. The van der Waals surface area contributed by atoms with Crippen molar-refractivity contribution in [2.24, 2.45) is 0 Å². The lowest BCUT2D eigenvalue weighted by Crippen LogP contribution is -2.49. The summed E-state index contributed by atoms with van der Waals surface area (Å²) >= 11 is 0. The molecule has 4 N–H and O–H groups in total. The van der Waals surface area contributed by atoms with Gasteiger partial charge in [0.05, 0.1) is 24.3 Å². The number of benzene rings is 1. The molecule has 3 aromatic heterocycles. The van der Waals surface area contributed by atoms with E-state index in [-0.39, 0.29) is 5.56 Å². The Kier molecular flexibility index (Phi) is 7.53. The molecule has 0 radical (unpaired) electrons. The first-order chi connectivity index (χ1) is 19.1. The summed E-state index contributed by atoms with van der Waals surface area (Å²) in [5.74, 6) is 0.962. The van der Waals surface area contributed by atoms with Gasteiger partial charge < -0.3 is 25.7 Å². The average Bonchev–Trinajstić information content (AvgIpc) is 2.98. The van der Waals surface area contributed by atoms with Gasteiger partial charge in [0.15, 0.2) is 0 Å². The Labute approximate surface area is 228 Å². The minimum absolute atomic E-state index is 0.182. The third-order valence-corrected chi connectivity index (χ3v) is 7.89. The molecule has 9 nitrogen and oxygen atoms in total. The quantitative estimate of drug-likeness (QED) is 0.335. The first kappa shape index (κ1) is 25.5. The Hall–Kier alpha value is -3.79. The lowest BCUT2D eigenvalue weighted by molar-refractivity contribution is 0.00101. The molecule has 39 heavy (non-hydrogen) atoms. The molecule has 2 saturated heterocycles. The number of likely N-dealkylation sites (tertiary alicyclic amines) is 1. The fourth-order valence-corrected chi connectivity index (χ4v) is 5.64. The second-order valence-electron chi connectivity index (χ2n) is 10.4. The number of nitrogens with zero attached hydrogens (tertiary/aromatic N) is 4. The predicted octanol–water partition coefficient (Wildman–Crippen LogP) is 3.65. The van der Waals surface area contributed by atoms with E-state index in [2.05, 4.69) is 49.4 Å². The molecule has 6 rings (SSSR count). The van der Waals surface area contributed by atoms with E-state index in [0.717, 1.165) is 74.7 Å². The highest BCUT2D eigenvalue weighted by Crippen LogP contribution is 2.28. The van der Waals surface area contributed by atoms with Crippen molar-refractivity contribution in [2.45, 2.75) is 25.3 Å². The van der Waals surface area contributed by atoms with Crippen LogP contribution in [0.2, 0.25) is 0 Å². The number of aromatic amines is 1. The summed E-state index contributed by atoms with van der Waals surface area (Å²) in [6.45, 7) is 7.30. The van der Waals surface area contributed by atoms with Crippen LogP contribution in [0.4, 0.5) is 17.3 Å². The maximum absolute atomic E-state index is 12.7. The zero-order valence-corrected chi connectivity index (χ0v) is 22.1. The standard InChI is InChI=1S/C30H35N7O2/c31-27-6-3-23(20-33-27)26-19-22-7-11-32-30(38)28(22)29(35-26)34-24-4-1-21(2-5-24)8-12-36-13-9-25(10-14-36)37-15-17-39-18-16-37/h1-7,11,19-20,25H,8-10,12-18H2,(H2,31,33)(H,32,38)(H,34,35). The van der Waals surface area contributed by atoms with Crippen LogP contribution < -0.4 is 16.6 Å². The number of ether oxygens (including phenoxy) is 1. The summed E-state index contributed by atoms with van der Waals surface area (Å²) in [6, 6.07) is 16.5. The molecule has 0 unspecified atom stereocenters. The average molecular weight is 526 g/mol. The molecule has 2 aliphatic heterocycles. The fourth-order valence-electron chi connectivity index (χ4n) is 5.64. The summed E-state index contributed by atoms with van der Waals surface area (Å²) in [5.41, 5.74) is 9.31. The van der Waals surface area contributed by atoms with Gasteiger partial charge in [0.25, 0.3) is 5.56 Å². The van der Waals surface area contributed by atoms with Crippen molar-refractivity contribution in [1.82, 2.24) is 24.8 Å². The molecule has 0 spiro atoms. The Morgan fingerprint density at radius 3 is 2.56 bits per heavy atom. The number of aromatic nitrogens is 3. The predicted molar refractivity (Wildman–Crippen MR) is 155 cm³/mol. The highest BCUT2D eigenvalue weighted by molar-refractivity contribution is 5.95. The molecular formula is C30H35N7O2. The third kappa shape index (κ3) is 5.95. The van der Waals surface area contributed by atoms with E-state index in [1.807, 2.05) is 18.2 Å². The molecule has 202 valence electrons. The number of nitrogen functional groups attached to an aromatic ring is 1. The molecule has 0 saturated carbocycles. The van der Waals surface area contributed by atoms with Crippen molar-refractivity contribution in [3.05, 3.63) is 76.8 Å². The van der Waals surface area contributed by atoms with Crippen LogP contribution in [0.25, 0.3) is 22.0 Å². The minimum atomic E-state index is -0.182. The lowest BCUT2D eigenvalue weighted by atomic mass is 10.0. The van der Waals surface area contributed by atoms with Crippen molar-refractivity contribution in [1.29, 1.82) is 0 Å². The van der Waals surface area contributed by atoms with Crippen molar-refractivity contribution in [2.75, 3.05) is 57.0 Å². The van der Waals surface area contributed by atoms with Gasteiger partial charge in [-0.1, -0.05) is 12.1 Å². The van der Waals surface area contributed by atoms with E-state index >= 15 is 0 Å². The van der Waals surface area contributed by atoms with Gasteiger partial charge in [0.2, 0.25) is 0 Å². The van der Waals surface area contributed by atoms with Crippen LogP contribution in [-0.2, 0) is 11.2 Å². The molecule has 1 aromatic carbocycles. The molecule has 0 amide bonds. The van der Waals surface area contributed by atoms with Gasteiger partial charge in [0, 0.05) is 49.3 Å². The monoisotopic (exact) mass is 525 g/mol. The summed E-state index contributed by atoms with van der Waals surface area (Å²) in [4.78, 5) is 29.7. The van der Waals surface area contributed by atoms with Crippen molar-refractivity contribution >= 4 is 28.1 Å². The van der Waals surface area contributed by atoms with Gasteiger partial charge >= 0.3 is 0 Å². The smallest absolute Gasteiger partial charge is 0.259 e. The topological polar surface area (TPSA) is 112 Å². The number of hydrogen-bond acceptors (Lipinski definition) is 8. The summed E-state index contributed by atoms with van der Waals surface area (Å²) in [5, 5.41) is 4.70. The zero-order chi connectivity index (χ0) is 26.6. The molecule has 2 aliphatic rings. The SMILES string of the molecule is Nc1ccc(-c2cc3cc[nH]c(=O)c3c(Nc3ccc(CCN4CCC(N5CCOCC5)CC4)cc3)n2)cn1. The Morgan fingerprint density at radius 1 is 1.03 bits per heavy atom. The van der Waals surface area contributed by atoms with E-state index in [0.29, 0.717) is 23.1 Å². The number of fused-ring (bicyclic) bond motifs is 1. The van der Waals surface area contributed by atoms with E-state index in [9.17, 15) is 4.79 Å². The van der Waals surface area contributed by atoms with Crippen LogP contribution in [0.5, 0.6) is 0 Å². The van der Waals surface area contributed by atoms with Crippen LogP contribution >= 0.6 is 0 Å². The first-order valence-electron chi connectivity index (χ1n) is 13.8. The van der Waals surface area contributed by atoms with Crippen molar-refractivity contribution in [3.63, 3.8) is 0 Å². The second-order valence-corrected chi connectivity index (χ2v) is 10.4. The van der Waals surface area contributed by atoms with Crippen LogP contribution in [0, 0.1) is 0 Å². The normalized spacial score (nSPS) is 17.4. The molecule has 0 atom stereocenters. The van der Waals surface area contributed by atoms with Gasteiger partial charge in [-0.3, -0.25) is 9.69 Å². The minimum Gasteiger partial charge on any atom is -0.384 e. The number of H-pyrrole nitrogens is 1. The zero-order valence-electron chi connectivity index (χ0n) is 22.1. The molecule has 5 heterocycles. The first-order valence-corrected chi connectivity index (χ1v) is 13.8. The third-order valence-electron chi connectivity index (χ3n) is 7.89. The molecule has 9 heteroatoms. The molecular weight excluding hydrogens is 490 g/mol. The van der Waals surface area contributed by atoms with Crippen LogP contribution in [0.1, 0.15) is 18.4 Å². The number of morpholine rings is 1. The molecule has 0 bridgehead atoms. The van der Waals surface area contributed by atoms with Crippen molar-refractivity contribution in [3.8, 4) is 11.3 Å². The Morgan fingerprint density at radius 2 is 1.82 bits per heavy atom. The van der Waals surface area contributed by atoms with E-state index in [4.69, 9.17) is 15.5 Å². The fraction of sp³-hybridized carbons (Fsp3) is 0.367. The van der Waals surface area contributed by atoms with Crippen LogP contribution in [-0.4, -0.2) is 76.7 Å². The summed E-state index contributed by atoms with van der Waals surface area (Å²) in [6.07, 6.45) is 6.85. The van der Waals surface area contributed by atoms with Gasteiger partial charge in [0.1, 0.15) is 11.6 Å². The maximum atomic E-state index is 12.7. The maximum Gasteiger partial charge on any atom is 0.259 e. The van der Waals surface area contributed by atoms with Crippen LogP contribution in [0.3, 0.4) is 0 Å². The van der Waals surface area contributed by atoms with Gasteiger partial charge in [-0.15, -0.1) is 0 Å². The number of anilines is 3. The summed E-state index contributed by atoms with van der Waals surface area (Å²) in [7, 11) is 0. The Bertz CT molecular complexity index is 1460. The van der Waals surface area contributed by atoms with E-state index in [1.54, 1.807) is 18.5 Å². The number of rotatable bonds is 7. The van der Waals surface area contributed by atoms with E-state index < -0.39 is 0 Å². The highest BCUT2D eigenvalue weighted by atomic mass is 16.5. The number of nitrogens with one attached hydrogen (secondary N) is 2. The lowest BCUT2D eigenvalue weighted by Gasteiger charge is -2.40. The second kappa shape index (κ2) is 11.5. The van der Waals surface area contributed by atoms with Crippen molar-refractivity contribution < 1.29 is 4.74 Å². The van der Waals surface area contributed by atoms with Gasteiger partial charge in [-0.2, -0.15) is 0 Å². The molecule has 2 fully saturated rings. The largest absolute Gasteiger partial charge is 0.384 e. The number of pyridine rings is 3. The summed E-state index contributed by atoms with van der Waals surface area (Å²) < 4.78 is 5.51. The van der Waals surface area contributed by atoms with E-state index in [1.165, 1.54) is 18.4 Å². The van der Waals surface area contributed by atoms with Crippen LogP contribution in [0.15, 0.2) is 65.7 Å².